The Morgan fingerprint density at radius 3 is 2.40 bits per heavy atom. The molecule has 0 aliphatic heterocycles. The van der Waals surface area contributed by atoms with Crippen LogP contribution in [0.25, 0.3) is 22.2 Å². The number of imidazole rings is 1. The smallest absolute Gasteiger partial charge is 0.169 e. The first-order valence-corrected chi connectivity index (χ1v) is 8.38. The summed E-state index contributed by atoms with van der Waals surface area (Å²) in [6.07, 6.45) is 0.767. The lowest BCUT2D eigenvalue weighted by molar-refractivity contribution is 0.111. The number of benzene rings is 3. The first-order chi connectivity index (χ1) is 12.3. The highest BCUT2D eigenvalue weighted by molar-refractivity contribution is 6.31. The van der Waals surface area contributed by atoms with Crippen LogP contribution < -0.4 is 0 Å². The van der Waals surface area contributed by atoms with Crippen molar-refractivity contribution in [2.24, 2.45) is 0 Å². The number of hydrogen-bond acceptors (Lipinski definition) is 2. The number of aldehydes is 1. The highest BCUT2D eigenvalue weighted by Crippen LogP contribution is 2.28. The van der Waals surface area contributed by atoms with Gasteiger partial charge in [0.05, 0.1) is 0 Å². The number of hydrogen-bond donors (Lipinski definition) is 0. The molecule has 0 saturated heterocycles. The van der Waals surface area contributed by atoms with E-state index in [0.717, 1.165) is 28.2 Å². The van der Waals surface area contributed by atoms with E-state index >= 15 is 0 Å². The van der Waals surface area contributed by atoms with Gasteiger partial charge in [0.25, 0.3) is 0 Å². The van der Waals surface area contributed by atoms with Gasteiger partial charge in [-0.2, -0.15) is 0 Å². The number of carbonyl (C=O) groups excluding carboxylic acids is 1. The third-order valence-corrected chi connectivity index (χ3v) is 4.54. The Morgan fingerprint density at radius 1 is 0.920 bits per heavy atom. The third kappa shape index (κ3) is 2.94. The number of halogens is 1. The van der Waals surface area contributed by atoms with Gasteiger partial charge >= 0.3 is 0 Å². The molecule has 1 aromatic heterocycles. The summed E-state index contributed by atoms with van der Waals surface area (Å²) in [5.41, 5.74) is 2.42. The Kier molecular flexibility index (Phi) is 4.08. The zero-order valence-electron chi connectivity index (χ0n) is 13.4. The van der Waals surface area contributed by atoms with E-state index in [2.05, 4.69) is 29.2 Å². The van der Waals surface area contributed by atoms with Gasteiger partial charge < -0.3 is 4.57 Å². The van der Waals surface area contributed by atoms with Crippen molar-refractivity contribution in [3.63, 3.8) is 0 Å². The molecule has 0 saturated carbocycles. The fourth-order valence-corrected chi connectivity index (χ4v) is 3.25. The van der Waals surface area contributed by atoms with Crippen LogP contribution in [0.15, 0.2) is 72.8 Å². The largest absolute Gasteiger partial charge is 0.316 e. The predicted octanol–water partition coefficient (Wildman–Crippen LogP) is 5.22. The van der Waals surface area contributed by atoms with Gasteiger partial charge in [-0.05, 0) is 22.4 Å². The van der Waals surface area contributed by atoms with Gasteiger partial charge in [-0.1, -0.05) is 78.3 Å². The molecule has 0 radical (unpaired) electrons. The molecule has 4 heteroatoms. The van der Waals surface area contributed by atoms with Gasteiger partial charge in [0.1, 0.15) is 11.5 Å². The Hall–Kier alpha value is -2.91. The Morgan fingerprint density at radius 2 is 1.64 bits per heavy atom. The molecule has 0 aliphatic rings. The highest BCUT2D eigenvalue weighted by Gasteiger charge is 2.17. The average molecular weight is 347 g/mol. The van der Waals surface area contributed by atoms with E-state index in [1.165, 1.54) is 0 Å². The van der Waals surface area contributed by atoms with E-state index in [1.54, 1.807) is 0 Å². The summed E-state index contributed by atoms with van der Waals surface area (Å²) in [7, 11) is 0. The van der Waals surface area contributed by atoms with Crippen LogP contribution in [-0.4, -0.2) is 15.8 Å². The molecule has 0 atom stereocenters. The number of nitrogens with zero attached hydrogens (tertiary/aromatic N) is 2. The van der Waals surface area contributed by atoms with Crippen molar-refractivity contribution in [2.45, 2.75) is 6.54 Å². The summed E-state index contributed by atoms with van der Waals surface area (Å²) in [6.45, 7) is 0.538. The summed E-state index contributed by atoms with van der Waals surface area (Å²) in [5.74, 6) is 0.696. The van der Waals surface area contributed by atoms with E-state index in [9.17, 15) is 4.79 Å². The number of aromatic nitrogens is 2. The summed E-state index contributed by atoms with van der Waals surface area (Å²) in [5, 5.41) is 2.52. The molecule has 122 valence electrons. The molecule has 1 heterocycles. The van der Waals surface area contributed by atoms with Crippen LogP contribution in [0.2, 0.25) is 5.15 Å². The molecule has 3 nitrogen and oxygen atoms in total. The van der Waals surface area contributed by atoms with Crippen molar-refractivity contribution in [1.82, 2.24) is 9.55 Å². The van der Waals surface area contributed by atoms with Gasteiger partial charge in [-0.3, -0.25) is 4.79 Å². The van der Waals surface area contributed by atoms with Crippen molar-refractivity contribution in [3.8, 4) is 11.4 Å². The number of rotatable bonds is 4. The summed E-state index contributed by atoms with van der Waals surface area (Å²) in [4.78, 5) is 16.0. The molecule has 4 aromatic rings. The zero-order valence-corrected chi connectivity index (χ0v) is 14.1. The lowest BCUT2D eigenvalue weighted by atomic mass is 10.1. The zero-order chi connectivity index (χ0) is 17.2. The van der Waals surface area contributed by atoms with Crippen molar-refractivity contribution in [3.05, 3.63) is 89.2 Å². The van der Waals surface area contributed by atoms with Crippen molar-refractivity contribution in [1.29, 1.82) is 0 Å². The van der Waals surface area contributed by atoms with Crippen molar-refractivity contribution in [2.75, 3.05) is 0 Å². The maximum Gasteiger partial charge on any atom is 0.169 e. The van der Waals surface area contributed by atoms with E-state index in [1.807, 2.05) is 53.1 Å². The molecule has 0 amide bonds. The van der Waals surface area contributed by atoms with Gasteiger partial charge in [0.15, 0.2) is 11.4 Å². The van der Waals surface area contributed by atoms with Crippen LogP contribution in [-0.2, 0) is 6.54 Å². The summed E-state index contributed by atoms with van der Waals surface area (Å²) >= 11 is 6.22. The molecule has 0 fully saturated rings. The van der Waals surface area contributed by atoms with Gasteiger partial charge in [-0.15, -0.1) is 0 Å². The molecule has 0 spiro atoms. The maximum atomic E-state index is 11.6. The molecule has 0 N–H and O–H groups in total. The minimum absolute atomic E-state index is 0.231. The Balaban J connectivity index is 1.86. The normalized spacial score (nSPS) is 10.9. The van der Waals surface area contributed by atoms with Crippen LogP contribution in [0.3, 0.4) is 0 Å². The Bertz CT molecular complexity index is 1050. The molecular weight excluding hydrogens is 332 g/mol. The minimum atomic E-state index is 0.231. The first-order valence-electron chi connectivity index (χ1n) is 8.00. The van der Waals surface area contributed by atoms with Crippen molar-refractivity contribution >= 4 is 28.7 Å². The van der Waals surface area contributed by atoms with Crippen LogP contribution >= 0.6 is 11.6 Å². The Labute approximate surface area is 150 Å². The second-order valence-electron chi connectivity index (χ2n) is 5.86. The van der Waals surface area contributed by atoms with E-state index in [0.29, 0.717) is 18.1 Å². The monoisotopic (exact) mass is 346 g/mol. The summed E-state index contributed by atoms with van der Waals surface area (Å²) < 4.78 is 1.87. The van der Waals surface area contributed by atoms with Gasteiger partial charge in [0.2, 0.25) is 0 Å². The topological polar surface area (TPSA) is 34.9 Å². The highest BCUT2D eigenvalue weighted by atomic mass is 35.5. The number of carbonyl (C=O) groups is 1. The quantitative estimate of drug-likeness (QED) is 0.475. The predicted molar refractivity (Wildman–Crippen MR) is 101 cm³/mol. The van der Waals surface area contributed by atoms with Crippen LogP contribution in [0, 0.1) is 0 Å². The lowest BCUT2D eigenvalue weighted by Gasteiger charge is -2.10. The van der Waals surface area contributed by atoms with Crippen LogP contribution in [0.4, 0.5) is 0 Å². The second kappa shape index (κ2) is 6.54. The molecule has 0 aliphatic carbocycles. The molecule has 3 aromatic carbocycles. The molecule has 25 heavy (non-hydrogen) atoms. The second-order valence-corrected chi connectivity index (χ2v) is 6.22. The number of fused-ring (bicyclic) bond motifs is 1. The maximum absolute atomic E-state index is 11.6. The minimum Gasteiger partial charge on any atom is -0.316 e. The molecule has 0 unspecified atom stereocenters. The van der Waals surface area contributed by atoms with E-state index in [-0.39, 0.29) is 5.15 Å². The SMILES string of the molecule is O=Cc1c(Cl)nc(-c2ccc3ccccc3c2)n1Cc1ccccc1. The first kappa shape index (κ1) is 15.6. The standard InChI is InChI=1S/C21H15ClN2O/c22-20-19(14-25)24(13-15-6-2-1-3-7-15)21(23-20)18-11-10-16-8-4-5-9-17(16)12-18/h1-12,14H,13H2. The fourth-order valence-electron chi connectivity index (χ4n) is 3.02. The van der Waals surface area contributed by atoms with E-state index in [4.69, 9.17) is 11.6 Å². The third-order valence-electron chi connectivity index (χ3n) is 4.26. The molecule has 0 bridgehead atoms. The van der Waals surface area contributed by atoms with Gasteiger partial charge in [0, 0.05) is 12.1 Å². The van der Waals surface area contributed by atoms with Crippen LogP contribution in [0.1, 0.15) is 16.1 Å². The lowest BCUT2D eigenvalue weighted by Crippen LogP contribution is -2.06. The van der Waals surface area contributed by atoms with Crippen molar-refractivity contribution < 1.29 is 4.79 Å². The average Bonchev–Trinajstić information content (AvgIpc) is 2.97. The van der Waals surface area contributed by atoms with Gasteiger partial charge in [-0.25, -0.2) is 4.98 Å². The fraction of sp³-hybridized carbons (Fsp3) is 0.0476. The van der Waals surface area contributed by atoms with Crippen LogP contribution in [0.5, 0.6) is 0 Å². The summed E-state index contributed by atoms with van der Waals surface area (Å²) in [6, 6.07) is 24.3. The molecular formula is C21H15ClN2O. The molecule has 4 rings (SSSR count). The van der Waals surface area contributed by atoms with E-state index < -0.39 is 0 Å².